The maximum Gasteiger partial charge on any atom is 0.341 e. The second-order valence-corrected chi connectivity index (χ2v) is 4.11. The minimum absolute atomic E-state index is 0.242. The average molecular weight is 223 g/mol. The third-order valence-electron chi connectivity index (χ3n) is 3.00. The molecule has 0 aliphatic carbocycles. The van der Waals surface area contributed by atoms with E-state index in [0.29, 0.717) is 11.3 Å². The van der Waals surface area contributed by atoms with E-state index in [9.17, 15) is 4.79 Å². The minimum Gasteiger partial charge on any atom is -0.465 e. The fraction of sp³-hybridized carbons (Fsp3) is 0.583. The third kappa shape index (κ3) is 2.11. The van der Waals surface area contributed by atoms with E-state index in [-0.39, 0.29) is 12.0 Å². The first kappa shape index (κ1) is 11.2. The lowest BCUT2D eigenvalue weighted by atomic mass is 10.0. The number of ether oxygens (including phenoxy) is 1. The molecule has 1 N–H and O–H groups in total. The van der Waals surface area contributed by atoms with Crippen LogP contribution in [0.1, 0.15) is 47.2 Å². The zero-order valence-corrected chi connectivity index (χ0v) is 9.71. The van der Waals surface area contributed by atoms with Gasteiger partial charge >= 0.3 is 5.97 Å². The molecule has 1 aromatic rings. The number of hydrogen-bond acceptors (Lipinski definition) is 4. The van der Waals surface area contributed by atoms with E-state index in [1.807, 2.05) is 0 Å². The molecule has 0 aromatic carbocycles. The van der Waals surface area contributed by atoms with Crippen LogP contribution in [0.5, 0.6) is 0 Å². The van der Waals surface area contributed by atoms with E-state index in [0.717, 1.165) is 18.7 Å². The lowest BCUT2D eigenvalue weighted by Crippen LogP contribution is -2.26. The van der Waals surface area contributed by atoms with Crippen molar-refractivity contribution < 1.29 is 13.9 Å². The van der Waals surface area contributed by atoms with Crippen LogP contribution in [0.25, 0.3) is 0 Å². The van der Waals surface area contributed by atoms with Crippen LogP contribution in [0.3, 0.4) is 0 Å². The molecule has 1 atom stereocenters. The number of carbonyl (C=O) groups excluding carboxylic acids is 1. The highest BCUT2D eigenvalue weighted by atomic mass is 16.5. The Bertz CT molecular complexity index is 378. The number of hydrogen-bond donors (Lipinski definition) is 1. The lowest BCUT2D eigenvalue weighted by Gasteiger charge is -2.21. The number of methoxy groups -OCH3 is 1. The summed E-state index contributed by atoms with van der Waals surface area (Å²) in [5, 5.41) is 3.39. The van der Waals surface area contributed by atoms with Crippen molar-refractivity contribution in [1.29, 1.82) is 0 Å². The third-order valence-corrected chi connectivity index (χ3v) is 3.00. The summed E-state index contributed by atoms with van der Waals surface area (Å²) < 4.78 is 10.3. The summed E-state index contributed by atoms with van der Waals surface area (Å²) in [5.41, 5.74) is 0.532. The van der Waals surface area contributed by atoms with Gasteiger partial charge in [-0.2, -0.15) is 0 Å². The molecule has 0 bridgehead atoms. The van der Waals surface area contributed by atoms with Gasteiger partial charge in [-0.1, -0.05) is 6.42 Å². The highest BCUT2D eigenvalue weighted by molar-refractivity contribution is 5.90. The number of piperidine rings is 1. The first-order valence-corrected chi connectivity index (χ1v) is 5.64. The first-order valence-electron chi connectivity index (χ1n) is 5.64. The van der Waals surface area contributed by atoms with Gasteiger partial charge < -0.3 is 14.5 Å². The number of aryl methyl sites for hydroxylation is 1. The van der Waals surface area contributed by atoms with E-state index < -0.39 is 0 Å². The van der Waals surface area contributed by atoms with E-state index >= 15 is 0 Å². The van der Waals surface area contributed by atoms with Gasteiger partial charge in [-0.3, -0.25) is 0 Å². The fourth-order valence-electron chi connectivity index (χ4n) is 2.08. The van der Waals surface area contributed by atoms with Crippen LogP contribution in [0.2, 0.25) is 0 Å². The average Bonchev–Trinajstić information content (AvgIpc) is 2.71. The van der Waals surface area contributed by atoms with Crippen molar-refractivity contribution in [3.8, 4) is 0 Å². The number of rotatable bonds is 2. The van der Waals surface area contributed by atoms with Crippen molar-refractivity contribution in [1.82, 2.24) is 5.32 Å². The molecule has 0 radical (unpaired) electrons. The van der Waals surface area contributed by atoms with Gasteiger partial charge in [0.05, 0.1) is 13.2 Å². The van der Waals surface area contributed by atoms with E-state index in [4.69, 9.17) is 9.15 Å². The summed E-state index contributed by atoms with van der Waals surface area (Å²) in [6.07, 6.45) is 3.47. The van der Waals surface area contributed by atoms with Crippen LogP contribution < -0.4 is 5.32 Å². The monoisotopic (exact) mass is 223 g/mol. The standard InChI is InChI=1S/C12H17NO3/c1-8-9(12(14)15-2)7-11(16-8)10-5-3-4-6-13-10/h7,10,13H,3-6H2,1-2H3. The largest absolute Gasteiger partial charge is 0.465 e. The molecule has 88 valence electrons. The lowest BCUT2D eigenvalue weighted by molar-refractivity contribution is 0.0599. The number of nitrogens with one attached hydrogen (secondary N) is 1. The Labute approximate surface area is 95.0 Å². The van der Waals surface area contributed by atoms with Crippen LogP contribution in [0.4, 0.5) is 0 Å². The van der Waals surface area contributed by atoms with Gasteiger partial charge in [-0.25, -0.2) is 4.79 Å². The molecule has 2 rings (SSSR count). The molecular weight excluding hydrogens is 206 g/mol. The first-order chi connectivity index (χ1) is 7.72. The SMILES string of the molecule is COC(=O)c1cc(C2CCCCN2)oc1C. The van der Waals surface area contributed by atoms with Gasteiger partial charge in [-0.15, -0.1) is 0 Å². The minimum atomic E-state index is -0.330. The zero-order valence-electron chi connectivity index (χ0n) is 9.71. The molecule has 0 spiro atoms. The van der Waals surface area contributed by atoms with Crippen molar-refractivity contribution in [3.63, 3.8) is 0 Å². The maximum atomic E-state index is 11.4. The number of carbonyl (C=O) groups is 1. The highest BCUT2D eigenvalue weighted by Crippen LogP contribution is 2.27. The van der Waals surface area contributed by atoms with Crippen molar-refractivity contribution >= 4 is 5.97 Å². The Morgan fingerprint density at radius 1 is 1.56 bits per heavy atom. The van der Waals surface area contributed by atoms with E-state index in [2.05, 4.69) is 5.32 Å². The van der Waals surface area contributed by atoms with Gasteiger partial charge in [0.1, 0.15) is 17.1 Å². The Balaban J connectivity index is 2.19. The Hall–Kier alpha value is -1.29. The molecule has 1 aromatic heterocycles. The summed E-state index contributed by atoms with van der Waals surface area (Å²) in [7, 11) is 1.38. The molecule has 0 amide bonds. The van der Waals surface area contributed by atoms with Crippen LogP contribution >= 0.6 is 0 Å². The predicted molar refractivity (Wildman–Crippen MR) is 59.4 cm³/mol. The van der Waals surface area contributed by atoms with Crippen molar-refractivity contribution in [2.75, 3.05) is 13.7 Å². The molecule has 1 fully saturated rings. The Kier molecular flexibility index (Phi) is 3.29. The molecule has 1 aliphatic heterocycles. The smallest absolute Gasteiger partial charge is 0.341 e. The van der Waals surface area contributed by atoms with Gasteiger partial charge in [0, 0.05) is 0 Å². The molecule has 2 heterocycles. The Morgan fingerprint density at radius 3 is 3.00 bits per heavy atom. The number of furan rings is 1. The van der Waals surface area contributed by atoms with Gasteiger partial charge in [0.2, 0.25) is 0 Å². The summed E-state index contributed by atoms with van der Waals surface area (Å²) in [5.74, 6) is 1.15. The maximum absolute atomic E-state index is 11.4. The van der Waals surface area contributed by atoms with Gasteiger partial charge in [0.25, 0.3) is 0 Å². The van der Waals surface area contributed by atoms with Crippen LogP contribution in [0.15, 0.2) is 10.5 Å². The number of esters is 1. The molecular formula is C12H17NO3. The van der Waals surface area contributed by atoms with Crippen LogP contribution in [0, 0.1) is 6.92 Å². The molecule has 0 saturated carbocycles. The van der Waals surface area contributed by atoms with Gasteiger partial charge in [0.15, 0.2) is 0 Å². The van der Waals surface area contributed by atoms with E-state index in [1.165, 1.54) is 20.0 Å². The molecule has 4 nitrogen and oxygen atoms in total. The zero-order chi connectivity index (χ0) is 11.5. The summed E-state index contributed by atoms with van der Waals surface area (Å²) in [4.78, 5) is 11.4. The Morgan fingerprint density at radius 2 is 2.38 bits per heavy atom. The van der Waals surface area contributed by atoms with Crippen LogP contribution in [-0.4, -0.2) is 19.6 Å². The second kappa shape index (κ2) is 4.70. The van der Waals surface area contributed by atoms with Crippen molar-refractivity contribution in [2.45, 2.75) is 32.2 Å². The molecule has 1 unspecified atom stereocenters. The van der Waals surface area contributed by atoms with Crippen molar-refractivity contribution in [2.24, 2.45) is 0 Å². The van der Waals surface area contributed by atoms with Crippen molar-refractivity contribution in [3.05, 3.63) is 23.2 Å². The predicted octanol–water partition coefficient (Wildman–Crippen LogP) is 2.19. The second-order valence-electron chi connectivity index (χ2n) is 4.11. The van der Waals surface area contributed by atoms with E-state index in [1.54, 1.807) is 13.0 Å². The highest BCUT2D eigenvalue weighted by Gasteiger charge is 2.22. The topological polar surface area (TPSA) is 51.5 Å². The van der Waals surface area contributed by atoms with Gasteiger partial charge in [-0.05, 0) is 32.4 Å². The molecule has 16 heavy (non-hydrogen) atoms. The van der Waals surface area contributed by atoms with Crippen LogP contribution in [-0.2, 0) is 4.74 Å². The quantitative estimate of drug-likeness (QED) is 0.781. The normalized spacial score (nSPS) is 20.8. The molecule has 1 saturated heterocycles. The summed E-state index contributed by atoms with van der Waals surface area (Å²) in [6.45, 7) is 2.80. The summed E-state index contributed by atoms with van der Waals surface area (Å²) in [6, 6.07) is 2.04. The molecule has 4 heteroatoms. The molecule has 1 aliphatic rings. The summed E-state index contributed by atoms with van der Waals surface area (Å²) >= 11 is 0. The fourth-order valence-corrected chi connectivity index (χ4v) is 2.08.